The predicted molar refractivity (Wildman–Crippen MR) is 84.6 cm³/mol. The first kappa shape index (κ1) is 15.8. The normalized spacial score (nSPS) is 33.5. The summed E-state index contributed by atoms with van der Waals surface area (Å²) in [5.74, 6) is 0. The highest BCUT2D eigenvalue weighted by Crippen LogP contribution is 2.50. The van der Waals surface area contributed by atoms with E-state index < -0.39 is 0 Å². The van der Waals surface area contributed by atoms with Crippen LogP contribution in [0.15, 0.2) is 12.2 Å². The van der Waals surface area contributed by atoms with Crippen molar-refractivity contribution in [1.82, 2.24) is 10.2 Å². The number of carbonyl (C=O) groups is 1. The number of urea groups is 1. The summed E-state index contributed by atoms with van der Waals surface area (Å²) >= 11 is 0. The molecule has 1 saturated heterocycles. The van der Waals surface area contributed by atoms with Gasteiger partial charge in [-0.25, -0.2) is 4.79 Å². The van der Waals surface area contributed by atoms with E-state index >= 15 is 0 Å². The zero-order valence-electron chi connectivity index (χ0n) is 13.5. The number of piperidine rings is 1. The molecule has 5 heteroatoms. The van der Waals surface area contributed by atoms with Gasteiger partial charge < -0.3 is 20.1 Å². The van der Waals surface area contributed by atoms with Crippen molar-refractivity contribution in [1.29, 1.82) is 0 Å². The topological polar surface area (TPSA) is 61.8 Å². The lowest BCUT2D eigenvalue weighted by Crippen LogP contribution is -2.63. The third-order valence-electron chi connectivity index (χ3n) is 5.65. The summed E-state index contributed by atoms with van der Waals surface area (Å²) in [5, 5.41) is 13.3. The third kappa shape index (κ3) is 2.88. The minimum atomic E-state index is -0.268. The fourth-order valence-corrected chi connectivity index (χ4v) is 4.13. The van der Waals surface area contributed by atoms with Crippen LogP contribution >= 0.6 is 0 Å². The van der Waals surface area contributed by atoms with Crippen LogP contribution in [0.4, 0.5) is 4.79 Å². The maximum absolute atomic E-state index is 12.4. The van der Waals surface area contributed by atoms with Gasteiger partial charge in [0.15, 0.2) is 0 Å². The highest BCUT2D eigenvalue weighted by molar-refractivity contribution is 5.75. The first-order chi connectivity index (χ1) is 10.7. The molecular formula is C17H28N2O3. The standard InChI is InChI=1S/C17H28N2O3/c1-2-22-15-12-14(20)17(15)8-10-19(11-9-17)16(21)18-13-6-4-3-5-7-13/h4,6,13-15,20H,2-3,5,7-12H2,1H3,(H,18,21)/t13-,14-,15-/m1/s1. The second-order valence-electron chi connectivity index (χ2n) is 6.83. The molecule has 2 N–H and O–H groups in total. The summed E-state index contributed by atoms with van der Waals surface area (Å²) in [6.07, 6.45) is 9.87. The minimum absolute atomic E-state index is 0.0353. The Bertz CT molecular complexity index is 428. The van der Waals surface area contributed by atoms with Crippen LogP contribution in [0.2, 0.25) is 0 Å². The Morgan fingerprint density at radius 1 is 1.45 bits per heavy atom. The SMILES string of the molecule is CCO[C@@H]1C[C@@H](O)C12CCN(C(=O)N[C@@H]1C=CCCC1)CC2. The van der Waals surface area contributed by atoms with Crippen molar-refractivity contribution in [2.75, 3.05) is 19.7 Å². The van der Waals surface area contributed by atoms with E-state index in [0.717, 1.165) is 38.5 Å². The van der Waals surface area contributed by atoms with Gasteiger partial charge in [0.05, 0.1) is 12.2 Å². The summed E-state index contributed by atoms with van der Waals surface area (Å²) in [5.41, 5.74) is -0.114. The summed E-state index contributed by atoms with van der Waals surface area (Å²) in [7, 11) is 0. The average Bonchev–Trinajstić information content (AvgIpc) is 2.56. The van der Waals surface area contributed by atoms with Gasteiger partial charge in [0.2, 0.25) is 0 Å². The van der Waals surface area contributed by atoms with Crippen molar-refractivity contribution in [3.8, 4) is 0 Å². The number of ether oxygens (including phenoxy) is 1. The van der Waals surface area contributed by atoms with Crippen LogP contribution in [0.5, 0.6) is 0 Å². The molecule has 1 heterocycles. The molecule has 5 nitrogen and oxygen atoms in total. The van der Waals surface area contributed by atoms with Gasteiger partial charge >= 0.3 is 6.03 Å². The number of aliphatic hydroxyl groups is 1. The third-order valence-corrected chi connectivity index (χ3v) is 5.65. The second-order valence-corrected chi connectivity index (χ2v) is 6.83. The van der Waals surface area contributed by atoms with Gasteiger partial charge in [0.1, 0.15) is 0 Å². The number of amides is 2. The smallest absolute Gasteiger partial charge is 0.317 e. The molecule has 2 amide bonds. The van der Waals surface area contributed by atoms with E-state index in [4.69, 9.17) is 4.74 Å². The molecule has 0 aromatic heterocycles. The van der Waals surface area contributed by atoms with E-state index in [1.165, 1.54) is 0 Å². The van der Waals surface area contributed by atoms with E-state index in [0.29, 0.717) is 19.7 Å². The molecule has 2 fully saturated rings. The maximum Gasteiger partial charge on any atom is 0.317 e. The molecule has 3 aliphatic rings. The van der Waals surface area contributed by atoms with Crippen LogP contribution in [-0.2, 0) is 4.74 Å². The Morgan fingerprint density at radius 2 is 2.23 bits per heavy atom. The number of aliphatic hydroxyl groups excluding tert-OH is 1. The zero-order valence-corrected chi connectivity index (χ0v) is 13.5. The molecule has 1 aliphatic heterocycles. The number of hydrogen-bond donors (Lipinski definition) is 2. The highest BCUT2D eigenvalue weighted by atomic mass is 16.5. The number of rotatable bonds is 3. The van der Waals surface area contributed by atoms with E-state index in [-0.39, 0.29) is 29.7 Å². The van der Waals surface area contributed by atoms with Crippen molar-refractivity contribution in [2.45, 2.75) is 63.7 Å². The Hall–Kier alpha value is -1.07. The lowest BCUT2D eigenvalue weighted by Gasteiger charge is -2.56. The fourth-order valence-electron chi connectivity index (χ4n) is 4.13. The van der Waals surface area contributed by atoms with Gasteiger partial charge in [0.25, 0.3) is 0 Å². The van der Waals surface area contributed by atoms with Gasteiger partial charge in [-0.05, 0) is 39.0 Å². The maximum atomic E-state index is 12.4. The quantitative estimate of drug-likeness (QED) is 0.785. The van der Waals surface area contributed by atoms with Crippen LogP contribution in [0.1, 0.15) is 45.4 Å². The Balaban J connectivity index is 1.51. The molecule has 3 atom stereocenters. The summed E-state index contributed by atoms with van der Waals surface area (Å²) in [6.45, 7) is 4.11. The molecule has 0 aromatic carbocycles. The van der Waals surface area contributed by atoms with Crippen molar-refractivity contribution in [3.05, 3.63) is 12.2 Å². The molecule has 0 unspecified atom stereocenters. The van der Waals surface area contributed by atoms with Crippen molar-refractivity contribution in [3.63, 3.8) is 0 Å². The molecule has 1 spiro atoms. The minimum Gasteiger partial charge on any atom is -0.392 e. The number of hydrogen-bond acceptors (Lipinski definition) is 3. The number of likely N-dealkylation sites (tertiary alicyclic amines) is 1. The molecule has 0 aromatic rings. The Labute approximate surface area is 132 Å². The van der Waals surface area contributed by atoms with Crippen LogP contribution in [0.25, 0.3) is 0 Å². The first-order valence-electron chi connectivity index (χ1n) is 8.67. The first-order valence-corrected chi connectivity index (χ1v) is 8.67. The molecule has 2 aliphatic carbocycles. The van der Waals surface area contributed by atoms with E-state index in [1.54, 1.807) is 0 Å². The van der Waals surface area contributed by atoms with Gasteiger partial charge in [0, 0.05) is 37.6 Å². The summed E-state index contributed by atoms with van der Waals surface area (Å²) in [4.78, 5) is 14.3. The molecule has 124 valence electrons. The van der Waals surface area contributed by atoms with Crippen LogP contribution in [0, 0.1) is 5.41 Å². The lowest BCUT2D eigenvalue weighted by molar-refractivity contribution is -0.207. The molecule has 0 bridgehead atoms. The van der Waals surface area contributed by atoms with E-state index in [1.807, 2.05) is 11.8 Å². The van der Waals surface area contributed by atoms with Gasteiger partial charge in [-0.2, -0.15) is 0 Å². The number of nitrogens with zero attached hydrogens (tertiary/aromatic N) is 1. The van der Waals surface area contributed by atoms with E-state index in [9.17, 15) is 9.90 Å². The van der Waals surface area contributed by atoms with Crippen molar-refractivity contribution >= 4 is 6.03 Å². The monoisotopic (exact) mass is 308 g/mol. The molecule has 0 radical (unpaired) electrons. The van der Waals surface area contributed by atoms with Gasteiger partial charge in [-0.3, -0.25) is 0 Å². The molecule has 1 saturated carbocycles. The van der Waals surface area contributed by atoms with Crippen molar-refractivity contribution < 1.29 is 14.6 Å². The number of carbonyl (C=O) groups excluding carboxylic acids is 1. The molecule has 22 heavy (non-hydrogen) atoms. The van der Waals surface area contributed by atoms with Crippen LogP contribution in [0.3, 0.4) is 0 Å². The average molecular weight is 308 g/mol. The van der Waals surface area contributed by atoms with Gasteiger partial charge in [-0.1, -0.05) is 12.2 Å². The molecular weight excluding hydrogens is 280 g/mol. The van der Waals surface area contributed by atoms with Gasteiger partial charge in [-0.15, -0.1) is 0 Å². The summed E-state index contributed by atoms with van der Waals surface area (Å²) in [6, 6.07) is 0.218. The Morgan fingerprint density at radius 3 is 2.82 bits per heavy atom. The number of nitrogens with one attached hydrogen (secondary N) is 1. The lowest BCUT2D eigenvalue weighted by atomic mass is 9.58. The second kappa shape index (κ2) is 6.59. The highest BCUT2D eigenvalue weighted by Gasteiger charge is 2.56. The van der Waals surface area contributed by atoms with E-state index in [2.05, 4.69) is 17.5 Å². The van der Waals surface area contributed by atoms with Crippen molar-refractivity contribution in [2.24, 2.45) is 5.41 Å². The van der Waals surface area contributed by atoms with Crippen LogP contribution in [-0.4, -0.2) is 54.0 Å². The van der Waals surface area contributed by atoms with Crippen LogP contribution < -0.4 is 5.32 Å². The number of allylic oxidation sites excluding steroid dienone is 1. The zero-order chi connectivity index (χ0) is 15.6. The molecule has 3 rings (SSSR count). The summed E-state index contributed by atoms with van der Waals surface area (Å²) < 4.78 is 5.77. The Kier molecular flexibility index (Phi) is 4.73. The predicted octanol–water partition coefficient (Wildman–Crippen LogP) is 2.06. The largest absolute Gasteiger partial charge is 0.392 e. The fraction of sp³-hybridized carbons (Fsp3) is 0.824.